The molecule has 0 atom stereocenters. The van der Waals surface area contributed by atoms with Crippen molar-refractivity contribution in [1.29, 1.82) is 0 Å². The number of nitrogens with zero attached hydrogens (tertiary/aromatic N) is 2. The van der Waals surface area contributed by atoms with Gasteiger partial charge in [-0.2, -0.15) is 0 Å². The van der Waals surface area contributed by atoms with Crippen LogP contribution in [-0.2, 0) is 9.84 Å². The Kier molecular flexibility index (Phi) is 3.59. The molecule has 110 valence electrons. The largest absolute Gasteiger partial charge is 0.351 e. The van der Waals surface area contributed by atoms with Gasteiger partial charge in [-0.25, -0.2) is 13.4 Å². The number of nitrogens with one attached hydrogen (secondary N) is 1. The maximum absolute atomic E-state index is 12.1. The maximum Gasteiger partial charge on any atom is 0.272 e. The Balaban J connectivity index is 1.62. The average Bonchev–Trinajstić information content (AvgIpc) is 2.44. The summed E-state index contributed by atoms with van der Waals surface area (Å²) in [5.41, 5.74) is 0.873. The fourth-order valence-corrected chi connectivity index (χ4v) is 4.15. The summed E-state index contributed by atoms with van der Waals surface area (Å²) in [6, 6.07) is 5.49. The van der Waals surface area contributed by atoms with E-state index in [1.165, 1.54) is 0 Å². The fourth-order valence-electron chi connectivity index (χ4n) is 2.48. The number of hydrogen-bond donors (Lipinski definition) is 1. The molecule has 2 aromatic heterocycles. The van der Waals surface area contributed by atoms with Gasteiger partial charge in [0.05, 0.1) is 11.5 Å². The summed E-state index contributed by atoms with van der Waals surface area (Å²) in [6.45, 7) is 0.448. The van der Waals surface area contributed by atoms with Gasteiger partial charge in [0.15, 0.2) is 15.5 Å². The number of amides is 1. The Bertz CT molecular complexity index is 772. The van der Waals surface area contributed by atoms with Gasteiger partial charge in [0.2, 0.25) is 0 Å². The highest BCUT2D eigenvalue weighted by atomic mass is 32.2. The molecule has 1 amide bonds. The number of carbonyl (C=O) groups is 1. The van der Waals surface area contributed by atoms with Gasteiger partial charge in [-0.05, 0) is 24.5 Å². The molecule has 1 saturated heterocycles. The Morgan fingerprint density at radius 1 is 1.24 bits per heavy atom. The molecule has 0 bridgehead atoms. The summed E-state index contributed by atoms with van der Waals surface area (Å²) in [5.74, 6) is 0.351. The van der Waals surface area contributed by atoms with Crippen molar-refractivity contribution in [2.45, 2.75) is 6.42 Å². The quantitative estimate of drug-likeness (QED) is 0.902. The van der Waals surface area contributed by atoms with Crippen LogP contribution in [0.5, 0.6) is 0 Å². The predicted molar refractivity (Wildman–Crippen MR) is 78.6 cm³/mol. The smallest absolute Gasteiger partial charge is 0.272 e. The fraction of sp³-hybridized carbons (Fsp3) is 0.357. The number of fused-ring (bicyclic) bond motifs is 1. The van der Waals surface area contributed by atoms with Crippen LogP contribution in [0.1, 0.15) is 16.9 Å². The van der Waals surface area contributed by atoms with E-state index in [0.29, 0.717) is 24.2 Å². The molecule has 0 spiro atoms. The number of sulfone groups is 1. The molecule has 6 nitrogen and oxygen atoms in total. The molecule has 0 unspecified atom stereocenters. The lowest BCUT2D eigenvalue weighted by atomic mass is 10.1. The standard InChI is InChI=1S/C14H15N3O3S/c18-14(17-6-3-10-8-21(19,20)9-10)13-12-11(4-7-16-13)2-1-5-15-12/h1-2,4-5,7,10H,3,6,8-9H2,(H,17,18). The summed E-state index contributed by atoms with van der Waals surface area (Å²) in [7, 11) is -2.80. The highest BCUT2D eigenvalue weighted by molar-refractivity contribution is 7.92. The molecule has 1 fully saturated rings. The van der Waals surface area contributed by atoms with E-state index in [-0.39, 0.29) is 23.3 Å². The lowest BCUT2D eigenvalue weighted by Gasteiger charge is -2.25. The number of hydrogen-bond acceptors (Lipinski definition) is 5. The van der Waals surface area contributed by atoms with Crippen molar-refractivity contribution in [3.05, 3.63) is 36.3 Å². The van der Waals surface area contributed by atoms with Crippen LogP contribution in [0.15, 0.2) is 30.6 Å². The maximum atomic E-state index is 12.1. The van der Waals surface area contributed by atoms with E-state index in [1.54, 1.807) is 24.5 Å². The zero-order chi connectivity index (χ0) is 14.9. The van der Waals surface area contributed by atoms with Crippen molar-refractivity contribution in [3.8, 4) is 0 Å². The summed E-state index contributed by atoms with van der Waals surface area (Å²) >= 11 is 0. The van der Waals surface area contributed by atoms with E-state index in [2.05, 4.69) is 15.3 Å². The molecular weight excluding hydrogens is 290 g/mol. The molecule has 3 heterocycles. The molecule has 2 aromatic rings. The molecular formula is C14H15N3O3S. The first kappa shape index (κ1) is 13.9. The molecule has 7 heteroatoms. The monoisotopic (exact) mass is 305 g/mol. The molecule has 1 aliphatic heterocycles. The summed E-state index contributed by atoms with van der Waals surface area (Å²) in [6.07, 6.45) is 3.88. The van der Waals surface area contributed by atoms with E-state index >= 15 is 0 Å². The van der Waals surface area contributed by atoms with Crippen LogP contribution >= 0.6 is 0 Å². The first-order chi connectivity index (χ1) is 10.1. The molecule has 0 aliphatic carbocycles. The van der Waals surface area contributed by atoms with Crippen LogP contribution in [0.4, 0.5) is 0 Å². The average molecular weight is 305 g/mol. The summed E-state index contributed by atoms with van der Waals surface area (Å²) in [4.78, 5) is 20.4. The highest BCUT2D eigenvalue weighted by Crippen LogP contribution is 2.21. The van der Waals surface area contributed by atoms with Crippen LogP contribution < -0.4 is 5.32 Å². The van der Waals surface area contributed by atoms with E-state index < -0.39 is 9.84 Å². The van der Waals surface area contributed by atoms with Gasteiger partial charge in [0, 0.05) is 24.3 Å². The molecule has 3 rings (SSSR count). The van der Waals surface area contributed by atoms with Gasteiger partial charge >= 0.3 is 0 Å². The predicted octanol–water partition coefficient (Wildman–Crippen LogP) is 0.794. The normalized spacial score (nSPS) is 17.3. The first-order valence-electron chi connectivity index (χ1n) is 6.73. The van der Waals surface area contributed by atoms with Crippen molar-refractivity contribution in [3.63, 3.8) is 0 Å². The second kappa shape index (κ2) is 5.40. The van der Waals surface area contributed by atoms with E-state index in [0.717, 1.165) is 5.39 Å². The van der Waals surface area contributed by atoms with Crippen LogP contribution in [0.2, 0.25) is 0 Å². The van der Waals surface area contributed by atoms with Gasteiger partial charge in [0.25, 0.3) is 5.91 Å². The highest BCUT2D eigenvalue weighted by Gasteiger charge is 2.32. The van der Waals surface area contributed by atoms with Crippen molar-refractivity contribution in [2.24, 2.45) is 5.92 Å². The zero-order valence-electron chi connectivity index (χ0n) is 11.3. The third-order valence-corrected chi connectivity index (χ3v) is 5.51. The zero-order valence-corrected chi connectivity index (χ0v) is 12.1. The van der Waals surface area contributed by atoms with Crippen LogP contribution in [0.3, 0.4) is 0 Å². The molecule has 0 radical (unpaired) electrons. The lowest BCUT2D eigenvalue weighted by molar-refractivity contribution is 0.0948. The minimum atomic E-state index is -2.80. The van der Waals surface area contributed by atoms with E-state index in [1.807, 2.05) is 6.07 Å². The molecule has 1 N–H and O–H groups in total. The van der Waals surface area contributed by atoms with Crippen LogP contribution in [0.25, 0.3) is 10.9 Å². The molecule has 21 heavy (non-hydrogen) atoms. The van der Waals surface area contributed by atoms with Crippen LogP contribution in [0, 0.1) is 5.92 Å². The summed E-state index contributed by atoms with van der Waals surface area (Å²) in [5, 5.41) is 3.64. The van der Waals surface area contributed by atoms with Gasteiger partial charge in [0.1, 0.15) is 5.52 Å². The third kappa shape index (κ3) is 3.02. The van der Waals surface area contributed by atoms with Crippen molar-refractivity contribution in [2.75, 3.05) is 18.1 Å². The Morgan fingerprint density at radius 3 is 2.81 bits per heavy atom. The van der Waals surface area contributed by atoms with E-state index in [9.17, 15) is 13.2 Å². The Morgan fingerprint density at radius 2 is 2.05 bits per heavy atom. The number of pyridine rings is 2. The van der Waals surface area contributed by atoms with Gasteiger partial charge in [-0.15, -0.1) is 0 Å². The topological polar surface area (TPSA) is 89.0 Å². The van der Waals surface area contributed by atoms with Crippen LogP contribution in [-0.4, -0.2) is 42.3 Å². The Labute approximate surface area is 122 Å². The van der Waals surface area contributed by atoms with Gasteiger partial charge in [-0.3, -0.25) is 9.78 Å². The Hall–Kier alpha value is -2.02. The number of rotatable bonds is 4. The lowest BCUT2D eigenvalue weighted by Crippen LogP contribution is -2.38. The van der Waals surface area contributed by atoms with Crippen molar-refractivity contribution >= 4 is 26.6 Å². The SMILES string of the molecule is O=C(NCCC1CS(=O)(=O)C1)c1nccc2cccnc12. The van der Waals surface area contributed by atoms with Gasteiger partial charge in [-0.1, -0.05) is 6.07 Å². The first-order valence-corrected chi connectivity index (χ1v) is 8.56. The minimum absolute atomic E-state index is 0.161. The molecule has 1 aliphatic rings. The van der Waals surface area contributed by atoms with Crippen molar-refractivity contribution in [1.82, 2.24) is 15.3 Å². The molecule has 0 aromatic carbocycles. The second-order valence-corrected chi connectivity index (χ2v) is 7.38. The van der Waals surface area contributed by atoms with Crippen molar-refractivity contribution < 1.29 is 13.2 Å². The second-order valence-electron chi connectivity index (χ2n) is 5.22. The van der Waals surface area contributed by atoms with Gasteiger partial charge < -0.3 is 5.32 Å². The third-order valence-electron chi connectivity index (χ3n) is 3.55. The summed E-state index contributed by atoms with van der Waals surface area (Å²) < 4.78 is 22.1. The molecule has 0 saturated carbocycles. The number of aromatic nitrogens is 2. The van der Waals surface area contributed by atoms with E-state index in [4.69, 9.17) is 0 Å². The number of carbonyl (C=O) groups excluding carboxylic acids is 1. The minimum Gasteiger partial charge on any atom is -0.351 e.